The largest absolute Gasteiger partial charge is 0.399 e. The van der Waals surface area contributed by atoms with Crippen LogP contribution in [0.4, 0.5) is 5.69 Å². The van der Waals surface area contributed by atoms with E-state index in [4.69, 9.17) is 11.6 Å². The van der Waals surface area contributed by atoms with Gasteiger partial charge in [0.05, 0.1) is 5.56 Å². The summed E-state index contributed by atoms with van der Waals surface area (Å²) >= 11 is 0. The first-order chi connectivity index (χ1) is 9.15. The fourth-order valence-electron chi connectivity index (χ4n) is 2.77. The summed E-state index contributed by atoms with van der Waals surface area (Å²) in [6, 6.07) is 5.68. The zero-order valence-electron chi connectivity index (χ0n) is 11.3. The maximum Gasteiger partial charge on any atom is 0.356 e. The van der Waals surface area contributed by atoms with Gasteiger partial charge in [-0.05, 0) is 56.1 Å². The van der Waals surface area contributed by atoms with Crippen LogP contribution in [-0.2, 0) is 11.3 Å². The molecule has 19 heavy (non-hydrogen) atoms. The monoisotopic (exact) mass is 263 g/mol. The number of likely N-dealkylation sites (tertiary alicyclic amines) is 1. The molecule has 5 nitrogen and oxygen atoms in total. The van der Waals surface area contributed by atoms with Gasteiger partial charge in [-0.2, -0.15) is 5.90 Å². The quantitative estimate of drug-likeness (QED) is 0.632. The lowest BCUT2D eigenvalue weighted by atomic mass is 10.00. The minimum atomic E-state index is -0.528. The number of carbonyl (C=O) groups is 1. The van der Waals surface area contributed by atoms with Crippen molar-refractivity contribution < 1.29 is 9.63 Å². The Balaban J connectivity index is 2.17. The zero-order valence-corrected chi connectivity index (χ0v) is 11.3. The Morgan fingerprint density at radius 3 is 3.00 bits per heavy atom. The molecular weight excluding hydrogens is 242 g/mol. The second kappa shape index (κ2) is 6.04. The highest BCUT2D eigenvalue weighted by Crippen LogP contribution is 2.24. The van der Waals surface area contributed by atoms with Crippen molar-refractivity contribution in [2.24, 2.45) is 5.90 Å². The van der Waals surface area contributed by atoms with Crippen molar-refractivity contribution in [3.63, 3.8) is 0 Å². The first-order valence-corrected chi connectivity index (χ1v) is 6.69. The van der Waals surface area contributed by atoms with E-state index in [-0.39, 0.29) is 0 Å². The van der Waals surface area contributed by atoms with Crippen molar-refractivity contribution >= 4 is 11.7 Å². The van der Waals surface area contributed by atoms with Crippen LogP contribution in [0.3, 0.4) is 0 Å². The van der Waals surface area contributed by atoms with E-state index in [2.05, 4.69) is 16.7 Å². The molecule has 2 rings (SSSR count). The Kier molecular flexibility index (Phi) is 4.39. The van der Waals surface area contributed by atoms with Crippen molar-refractivity contribution in [1.82, 2.24) is 4.90 Å². The summed E-state index contributed by atoms with van der Waals surface area (Å²) in [5.74, 6) is 4.38. The van der Waals surface area contributed by atoms with Crippen molar-refractivity contribution in [3.05, 3.63) is 29.3 Å². The highest BCUT2D eigenvalue weighted by Gasteiger charge is 2.24. The molecule has 1 aromatic carbocycles. The molecule has 1 heterocycles. The van der Waals surface area contributed by atoms with Crippen LogP contribution in [0.5, 0.6) is 0 Å². The predicted octanol–water partition coefficient (Wildman–Crippen LogP) is 1.33. The maximum atomic E-state index is 11.4. The SMILES string of the molecule is CCN1CCC[C@H]1Cc1cc(C(=O)ON)ccc1N. The van der Waals surface area contributed by atoms with Gasteiger partial charge < -0.3 is 15.5 Å². The second-order valence-electron chi connectivity index (χ2n) is 4.95. The number of nitrogens with zero attached hydrogens (tertiary/aromatic N) is 1. The summed E-state index contributed by atoms with van der Waals surface area (Å²) in [6.07, 6.45) is 3.27. The van der Waals surface area contributed by atoms with Gasteiger partial charge in [0.25, 0.3) is 0 Å². The fraction of sp³-hybridized carbons (Fsp3) is 0.500. The molecule has 1 aliphatic heterocycles. The third-order valence-corrected chi connectivity index (χ3v) is 3.85. The lowest BCUT2D eigenvalue weighted by molar-refractivity contribution is 0.0503. The van der Waals surface area contributed by atoms with Gasteiger partial charge in [0.2, 0.25) is 0 Å². The average Bonchev–Trinajstić information content (AvgIpc) is 2.87. The minimum Gasteiger partial charge on any atom is -0.399 e. The second-order valence-corrected chi connectivity index (χ2v) is 4.95. The van der Waals surface area contributed by atoms with E-state index in [1.54, 1.807) is 18.2 Å². The van der Waals surface area contributed by atoms with E-state index in [1.807, 2.05) is 0 Å². The minimum absolute atomic E-state index is 0.452. The molecular formula is C14H21N3O2. The lowest BCUT2D eigenvalue weighted by Gasteiger charge is -2.23. The number of nitrogens with two attached hydrogens (primary N) is 2. The predicted molar refractivity (Wildman–Crippen MR) is 74.4 cm³/mol. The Morgan fingerprint density at radius 1 is 1.53 bits per heavy atom. The van der Waals surface area contributed by atoms with Gasteiger partial charge in [-0.1, -0.05) is 6.92 Å². The number of hydrogen-bond donors (Lipinski definition) is 2. The van der Waals surface area contributed by atoms with E-state index < -0.39 is 5.97 Å². The third kappa shape index (κ3) is 3.05. The molecule has 4 N–H and O–H groups in total. The van der Waals surface area contributed by atoms with E-state index in [0.29, 0.717) is 11.6 Å². The highest BCUT2D eigenvalue weighted by molar-refractivity contribution is 5.90. The average molecular weight is 263 g/mol. The molecule has 0 aromatic heterocycles. The van der Waals surface area contributed by atoms with Crippen LogP contribution in [0.15, 0.2) is 18.2 Å². The number of likely N-dealkylation sites (N-methyl/N-ethyl adjacent to an activating group) is 1. The van der Waals surface area contributed by atoms with Crippen LogP contribution in [0, 0.1) is 0 Å². The number of carbonyl (C=O) groups excluding carboxylic acids is 1. The van der Waals surface area contributed by atoms with Crippen molar-refractivity contribution in [2.75, 3.05) is 18.8 Å². The van der Waals surface area contributed by atoms with E-state index in [1.165, 1.54) is 12.8 Å². The smallest absolute Gasteiger partial charge is 0.356 e. The van der Waals surface area contributed by atoms with Gasteiger partial charge in [-0.25, -0.2) is 4.79 Å². The van der Waals surface area contributed by atoms with E-state index in [0.717, 1.165) is 30.8 Å². The molecule has 0 bridgehead atoms. The van der Waals surface area contributed by atoms with Gasteiger partial charge in [0, 0.05) is 11.7 Å². The summed E-state index contributed by atoms with van der Waals surface area (Å²) in [6.45, 7) is 4.37. The molecule has 0 saturated carbocycles. The molecule has 0 spiro atoms. The topological polar surface area (TPSA) is 81.6 Å². The number of hydrogen-bond acceptors (Lipinski definition) is 5. The molecule has 1 atom stereocenters. The summed E-state index contributed by atoms with van der Waals surface area (Å²) < 4.78 is 0. The van der Waals surface area contributed by atoms with Gasteiger partial charge >= 0.3 is 5.97 Å². The lowest BCUT2D eigenvalue weighted by Crippen LogP contribution is -2.31. The van der Waals surface area contributed by atoms with Gasteiger partial charge in [0.1, 0.15) is 0 Å². The molecule has 0 amide bonds. The molecule has 1 aromatic rings. The normalized spacial score (nSPS) is 19.6. The first kappa shape index (κ1) is 13.8. The van der Waals surface area contributed by atoms with Crippen LogP contribution in [-0.4, -0.2) is 30.0 Å². The molecule has 5 heteroatoms. The summed E-state index contributed by atoms with van der Waals surface area (Å²) in [5.41, 5.74) is 8.16. The fourth-order valence-corrected chi connectivity index (χ4v) is 2.77. The van der Waals surface area contributed by atoms with Crippen molar-refractivity contribution in [2.45, 2.75) is 32.2 Å². The summed E-state index contributed by atoms with van der Waals surface area (Å²) in [4.78, 5) is 18.1. The molecule has 104 valence electrons. The Bertz CT molecular complexity index is 462. The van der Waals surface area contributed by atoms with Crippen LogP contribution >= 0.6 is 0 Å². The van der Waals surface area contributed by atoms with E-state index in [9.17, 15) is 4.79 Å². The maximum absolute atomic E-state index is 11.4. The van der Waals surface area contributed by atoms with Crippen molar-refractivity contribution in [3.8, 4) is 0 Å². The molecule has 1 saturated heterocycles. The first-order valence-electron chi connectivity index (χ1n) is 6.69. The van der Waals surface area contributed by atoms with Crippen molar-refractivity contribution in [1.29, 1.82) is 0 Å². The number of nitrogen functional groups attached to an aromatic ring is 1. The Labute approximate surface area is 113 Å². The summed E-state index contributed by atoms with van der Waals surface area (Å²) in [5, 5.41) is 0. The van der Waals surface area contributed by atoms with Gasteiger partial charge in [-0.3, -0.25) is 0 Å². The van der Waals surface area contributed by atoms with Gasteiger partial charge in [0.15, 0.2) is 0 Å². The van der Waals surface area contributed by atoms with Crippen LogP contribution < -0.4 is 11.6 Å². The zero-order chi connectivity index (χ0) is 13.8. The number of benzene rings is 1. The molecule has 0 unspecified atom stereocenters. The Morgan fingerprint density at radius 2 is 2.32 bits per heavy atom. The number of anilines is 1. The van der Waals surface area contributed by atoms with Crippen LogP contribution in [0.1, 0.15) is 35.7 Å². The third-order valence-electron chi connectivity index (χ3n) is 3.85. The molecule has 1 aliphatic rings. The molecule has 0 aliphatic carbocycles. The van der Waals surface area contributed by atoms with E-state index >= 15 is 0 Å². The Hall–Kier alpha value is -1.59. The van der Waals surface area contributed by atoms with Crippen LogP contribution in [0.25, 0.3) is 0 Å². The number of rotatable bonds is 4. The molecule has 1 fully saturated rings. The molecule has 0 radical (unpaired) electrons. The highest BCUT2D eigenvalue weighted by atomic mass is 16.7. The van der Waals surface area contributed by atoms with Gasteiger partial charge in [-0.15, -0.1) is 0 Å². The summed E-state index contributed by atoms with van der Waals surface area (Å²) in [7, 11) is 0. The standard InChI is InChI=1S/C14H21N3O2/c1-2-17-7-3-4-12(17)9-11-8-10(14(18)19-16)5-6-13(11)15/h5-6,8,12H,2-4,7,9,15-16H2,1H3/t12-/m0/s1. The van der Waals surface area contributed by atoms with Crippen LogP contribution in [0.2, 0.25) is 0 Å².